The lowest BCUT2D eigenvalue weighted by Crippen LogP contribution is -1.99. The van der Waals surface area contributed by atoms with Crippen LogP contribution in [-0.4, -0.2) is 25.2 Å². The lowest BCUT2D eigenvalue weighted by atomic mass is 10.3. The summed E-state index contributed by atoms with van der Waals surface area (Å²) >= 11 is 0. The molecule has 3 rings (SSSR count). The summed E-state index contributed by atoms with van der Waals surface area (Å²) in [6.45, 7) is 0. The van der Waals surface area contributed by atoms with Crippen LogP contribution in [-0.2, 0) is 0 Å². The molecule has 3 nitrogen and oxygen atoms in total. The van der Waals surface area contributed by atoms with Crippen molar-refractivity contribution in [2.75, 3.05) is 0 Å². The van der Waals surface area contributed by atoms with Crippen LogP contribution in [0.1, 0.15) is 0 Å². The standard InChI is InChI=1S/C10H6N3Si/c14-9-5-8-10(13-9)12-7-4-2-1-3-6(7)11-8/h1-5H,(H,12,13). The lowest BCUT2D eigenvalue weighted by molar-refractivity contribution is 1.35. The van der Waals surface area contributed by atoms with Crippen molar-refractivity contribution in [3.05, 3.63) is 30.3 Å². The Morgan fingerprint density at radius 1 is 1.00 bits per heavy atom. The highest BCUT2D eigenvalue weighted by atomic mass is 28.1. The van der Waals surface area contributed by atoms with Gasteiger partial charge in [0.05, 0.1) is 21.3 Å². The quantitative estimate of drug-likeness (QED) is 0.543. The molecule has 0 aliphatic heterocycles. The second kappa shape index (κ2) is 2.65. The number of nitrogens with one attached hydrogen (secondary N) is 1. The molecule has 0 spiro atoms. The average Bonchev–Trinajstić information content (AvgIpc) is 2.53. The number of hydrogen-bond donors (Lipinski definition) is 1. The van der Waals surface area contributed by atoms with Gasteiger partial charge in [0.25, 0.3) is 0 Å². The molecule has 65 valence electrons. The molecule has 4 heteroatoms. The van der Waals surface area contributed by atoms with Crippen LogP contribution in [0.4, 0.5) is 0 Å². The zero-order chi connectivity index (χ0) is 9.54. The average molecular weight is 196 g/mol. The second-order valence-corrected chi connectivity index (χ2v) is 3.67. The Balaban J connectivity index is 2.51. The smallest absolute Gasteiger partial charge is 0.156 e. The predicted octanol–water partition coefficient (Wildman–Crippen LogP) is 0.905. The Labute approximate surface area is 83.6 Å². The topological polar surface area (TPSA) is 41.6 Å². The minimum absolute atomic E-state index is 0.814. The number of fused-ring (bicyclic) bond motifs is 2. The van der Waals surface area contributed by atoms with Crippen LogP contribution in [0.5, 0.6) is 0 Å². The minimum Gasteiger partial charge on any atom is -0.347 e. The Bertz CT molecular complexity index is 562. The molecule has 1 aromatic carbocycles. The second-order valence-electron chi connectivity index (χ2n) is 3.13. The highest BCUT2D eigenvalue weighted by molar-refractivity contribution is 6.32. The van der Waals surface area contributed by atoms with E-state index in [9.17, 15) is 0 Å². The van der Waals surface area contributed by atoms with E-state index in [2.05, 4.69) is 25.2 Å². The van der Waals surface area contributed by atoms with Gasteiger partial charge in [0, 0.05) is 0 Å². The molecule has 0 fully saturated rings. The number of aromatic amines is 1. The van der Waals surface area contributed by atoms with Crippen molar-refractivity contribution in [3.8, 4) is 0 Å². The van der Waals surface area contributed by atoms with Gasteiger partial charge in [0.2, 0.25) is 0 Å². The molecule has 2 aromatic heterocycles. The van der Waals surface area contributed by atoms with E-state index in [1.165, 1.54) is 0 Å². The molecule has 2 heterocycles. The predicted molar refractivity (Wildman–Crippen MR) is 56.8 cm³/mol. The van der Waals surface area contributed by atoms with E-state index in [1.807, 2.05) is 30.3 Å². The third-order valence-electron chi connectivity index (χ3n) is 2.13. The summed E-state index contributed by atoms with van der Waals surface area (Å²) in [5, 5.41) is 0.898. The van der Waals surface area contributed by atoms with E-state index < -0.39 is 0 Å². The molecule has 0 amide bonds. The minimum atomic E-state index is 0.814. The Morgan fingerprint density at radius 3 is 2.50 bits per heavy atom. The molecule has 0 saturated carbocycles. The first-order chi connectivity index (χ1) is 6.83. The third kappa shape index (κ3) is 1.04. The molecule has 3 radical (unpaired) electrons. The van der Waals surface area contributed by atoms with Crippen LogP contribution in [0.15, 0.2) is 30.3 Å². The first kappa shape index (κ1) is 7.70. The van der Waals surface area contributed by atoms with Crippen LogP contribution >= 0.6 is 0 Å². The molecule has 0 aliphatic rings. The lowest BCUT2D eigenvalue weighted by Gasteiger charge is -1.94. The first-order valence-electron chi connectivity index (χ1n) is 4.30. The molecule has 0 bridgehead atoms. The van der Waals surface area contributed by atoms with Crippen molar-refractivity contribution in [3.63, 3.8) is 0 Å². The first-order valence-corrected chi connectivity index (χ1v) is 4.80. The van der Waals surface area contributed by atoms with Gasteiger partial charge in [0.1, 0.15) is 5.52 Å². The highest BCUT2D eigenvalue weighted by Gasteiger charge is 2.02. The molecule has 0 aliphatic carbocycles. The maximum atomic E-state index is 4.47. The number of hydrogen-bond acceptors (Lipinski definition) is 2. The number of nitrogens with zero attached hydrogens (tertiary/aromatic N) is 2. The molecule has 0 atom stereocenters. The fraction of sp³-hybridized carbons (Fsp3) is 0. The Morgan fingerprint density at radius 2 is 1.71 bits per heavy atom. The number of para-hydroxylation sites is 2. The molecular weight excluding hydrogens is 190 g/mol. The Kier molecular flexibility index (Phi) is 1.46. The van der Waals surface area contributed by atoms with Gasteiger partial charge in [-0.05, 0) is 23.5 Å². The van der Waals surface area contributed by atoms with Crippen LogP contribution in [0.3, 0.4) is 0 Å². The van der Waals surface area contributed by atoms with E-state index in [0.717, 1.165) is 27.5 Å². The van der Waals surface area contributed by atoms with E-state index in [1.54, 1.807) is 0 Å². The van der Waals surface area contributed by atoms with E-state index in [-0.39, 0.29) is 0 Å². The van der Waals surface area contributed by atoms with Crippen LogP contribution in [0.25, 0.3) is 22.2 Å². The fourth-order valence-corrected chi connectivity index (χ4v) is 1.76. The maximum Gasteiger partial charge on any atom is 0.156 e. The van der Waals surface area contributed by atoms with Crippen LogP contribution in [0, 0.1) is 0 Å². The van der Waals surface area contributed by atoms with Gasteiger partial charge in [-0.15, -0.1) is 0 Å². The fourth-order valence-electron chi connectivity index (χ4n) is 1.51. The van der Waals surface area contributed by atoms with Gasteiger partial charge in [-0.25, -0.2) is 9.97 Å². The summed E-state index contributed by atoms with van der Waals surface area (Å²) in [4.78, 5) is 12.0. The van der Waals surface area contributed by atoms with Crippen molar-refractivity contribution in [1.29, 1.82) is 0 Å². The van der Waals surface area contributed by atoms with Gasteiger partial charge >= 0.3 is 0 Å². The zero-order valence-corrected chi connectivity index (χ0v) is 8.28. The van der Waals surface area contributed by atoms with Gasteiger partial charge < -0.3 is 4.98 Å². The number of H-pyrrole nitrogens is 1. The highest BCUT2D eigenvalue weighted by Crippen LogP contribution is 2.12. The van der Waals surface area contributed by atoms with Crippen LogP contribution in [0.2, 0.25) is 0 Å². The molecular formula is C10H6N3Si. The number of rotatable bonds is 0. The van der Waals surface area contributed by atoms with Crippen molar-refractivity contribution < 1.29 is 0 Å². The van der Waals surface area contributed by atoms with E-state index >= 15 is 0 Å². The largest absolute Gasteiger partial charge is 0.347 e. The molecule has 0 unspecified atom stereocenters. The Hall–Kier alpha value is -1.68. The van der Waals surface area contributed by atoms with Gasteiger partial charge in [-0.3, -0.25) is 0 Å². The summed E-state index contributed by atoms with van der Waals surface area (Å²) in [7, 11) is 3.41. The zero-order valence-electron chi connectivity index (χ0n) is 7.28. The van der Waals surface area contributed by atoms with Gasteiger partial charge in [0.15, 0.2) is 5.65 Å². The number of benzene rings is 1. The SMILES string of the molecule is [Si]c1cc2nc3ccccc3nc2[nH]1. The molecule has 0 saturated heterocycles. The van der Waals surface area contributed by atoms with Crippen molar-refractivity contribution in [2.45, 2.75) is 0 Å². The molecule has 14 heavy (non-hydrogen) atoms. The third-order valence-corrected chi connectivity index (χ3v) is 2.40. The van der Waals surface area contributed by atoms with Crippen molar-refractivity contribution in [2.24, 2.45) is 0 Å². The van der Waals surface area contributed by atoms with Gasteiger partial charge in [-0.2, -0.15) is 0 Å². The molecule has 3 aromatic rings. The van der Waals surface area contributed by atoms with Crippen molar-refractivity contribution >= 4 is 37.8 Å². The monoisotopic (exact) mass is 196 g/mol. The number of aromatic nitrogens is 3. The summed E-state index contributed by atoms with van der Waals surface area (Å²) in [6.07, 6.45) is 0. The summed E-state index contributed by atoms with van der Waals surface area (Å²) in [5.41, 5.74) is 3.53. The van der Waals surface area contributed by atoms with E-state index in [4.69, 9.17) is 0 Å². The van der Waals surface area contributed by atoms with Gasteiger partial charge in [-0.1, -0.05) is 12.1 Å². The summed E-state index contributed by atoms with van der Waals surface area (Å²) < 4.78 is 0. The van der Waals surface area contributed by atoms with E-state index in [0.29, 0.717) is 0 Å². The van der Waals surface area contributed by atoms with Crippen molar-refractivity contribution in [1.82, 2.24) is 15.0 Å². The maximum absolute atomic E-state index is 4.47. The summed E-state index contributed by atoms with van der Waals surface area (Å²) in [6, 6.07) is 9.76. The molecule has 1 N–H and O–H groups in total. The van der Waals surface area contributed by atoms with Crippen LogP contribution < -0.4 is 5.32 Å². The normalized spacial score (nSPS) is 11.2. The summed E-state index contributed by atoms with van der Waals surface area (Å²) in [5.74, 6) is 0.